The van der Waals surface area contributed by atoms with E-state index in [1.165, 1.54) is 0 Å². The molecule has 1 amide bonds. The fraction of sp³-hybridized carbons (Fsp3) is 0.435. The van der Waals surface area contributed by atoms with Crippen molar-refractivity contribution in [2.75, 3.05) is 19.7 Å². The number of carbonyl (C=O) groups is 1. The minimum absolute atomic E-state index is 0.0497. The first-order valence-corrected chi connectivity index (χ1v) is 12.0. The number of aryl methyl sites for hydroxylation is 1. The summed E-state index contributed by atoms with van der Waals surface area (Å²) in [6.07, 6.45) is 3.82. The first kappa shape index (κ1) is 22.3. The summed E-state index contributed by atoms with van der Waals surface area (Å²) in [6, 6.07) is 14.6. The van der Waals surface area contributed by atoms with E-state index in [0.29, 0.717) is 44.0 Å². The van der Waals surface area contributed by atoms with Gasteiger partial charge in [0.25, 0.3) is 0 Å². The normalized spacial score (nSPS) is 15.0. The molecule has 0 saturated carbocycles. The van der Waals surface area contributed by atoms with Gasteiger partial charge in [0.2, 0.25) is 15.9 Å². The maximum absolute atomic E-state index is 12.7. The van der Waals surface area contributed by atoms with Crippen LogP contribution in [0.1, 0.15) is 43.7 Å². The molecular weight excluding hydrogens is 400 g/mol. The highest BCUT2D eigenvalue weighted by Gasteiger charge is 2.25. The van der Waals surface area contributed by atoms with Gasteiger partial charge in [-0.15, -0.1) is 0 Å². The summed E-state index contributed by atoms with van der Waals surface area (Å²) >= 11 is 0. The van der Waals surface area contributed by atoms with Crippen molar-refractivity contribution in [2.45, 2.75) is 50.5 Å². The molecule has 30 heavy (non-hydrogen) atoms. The van der Waals surface area contributed by atoms with Crippen molar-refractivity contribution in [3.63, 3.8) is 0 Å². The van der Waals surface area contributed by atoms with Crippen molar-refractivity contribution in [1.29, 1.82) is 0 Å². The molecule has 2 aromatic rings. The Morgan fingerprint density at radius 1 is 1.03 bits per heavy atom. The van der Waals surface area contributed by atoms with Crippen LogP contribution in [-0.2, 0) is 27.8 Å². The molecule has 0 aliphatic carbocycles. The fourth-order valence-electron chi connectivity index (χ4n) is 3.57. The van der Waals surface area contributed by atoms with Gasteiger partial charge in [0.15, 0.2) is 0 Å². The Balaban J connectivity index is 1.51. The minimum atomic E-state index is -3.42. The molecule has 162 valence electrons. The van der Waals surface area contributed by atoms with Gasteiger partial charge < -0.3 is 10.1 Å². The van der Waals surface area contributed by atoms with Crippen LogP contribution in [0.25, 0.3) is 0 Å². The molecule has 1 fully saturated rings. The molecule has 0 bridgehead atoms. The summed E-state index contributed by atoms with van der Waals surface area (Å²) in [5.41, 5.74) is 1.89. The van der Waals surface area contributed by atoms with Crippen LogP contribution in [0.3, 0.4) is 0 Å². The van der Waals surface area contributed by atoms with Crippen LogP contribution < -0.4 is 10.1 Å². The summed E-state index contributed by atoms with van der Waals surface area (Å²) in [4.78, 5) is 12.6. The number of nitrogens with zero attached hydrogens (tertiary/aromatic N) is 1. The monoisotopic (exact) mass is 430 g/mol. The molecule has 1 heterocycles. The van der Waals surface area contributed by atoms with E-state index < -0.39 is 10.0 Å². The molecule has 7 heteroatoms. The number of carbonyl (C=O) groups excluding carboxylic acids is 1. The maximum Gasteiger partial charge on any atom is 0.243 e. The van der Waals surface area contributed by atoms with Gasteiger partial charge in [-0.3, -0.25) is 4.79 Å². The van der Waals surface area contributed by atoms with Gasteiger partial charge in [-0.1, -0.05) is 36.8 Å². The number of para-hydroxylation sites is 1. The Labute approximate surface area is 179 Å². The summed E-state index contributed by atoms with van der Waals surface area (Å²) < 4.78 is 32.6. The van der Waals surface area contributed by atoms with E-state index in [1.807, 2.05) is 31.2 Å². The topological polar surface area (TPSA) is 75.7 Å². The SMILES string of the molecule is CCOc1ccccc1CNC(=O)CCc1ccc(S(=O)(=O)N2CCCCC2)cc1. The quantitative estimate of drug-likeness (QED) is 0.661. The van der Waals surface area contributed by atoms with Crippen LogP contribution in [0, 0.1) is 0 Å². The van der Waals surface area contributed by atoms with Gasteiger partial charge in [0.05, 0.1) is 11.5 Å². The molecule has 0 spiro atoms. The van der Waals surface area contributed by atoms with E-state index in [2.05, 4.69) is 5.32 Å². The Kier molecular flexibility index (Phi) is 7.87. The molecule has 2 aromatic carbocycles. The van der Waals surface area contributed by atoms with E-state index in [1.54, 1.807) is 28.6 Å². The average Bonchev–Trinajstić information content (AvgIpc) is 2.78. The van der Waals surface area contributed by atoms with E-state index in [9.17, 15) is 13.2 Å². The lowest BCUT2D eigenvalue weighted by molar-refractivity contribution is -0.121. The summed E-state index contributed by atoms with van der Waals surface area (Å²) in [6.45, 7) is 4.11. The van der Waals surface area contributed by atoms with Crippen molar-refractivity contribution < 1.29 is 17.9 Å². The highest BCUT2D eigenvalue weighted by Crippen LogP contribution is 2.21. The summed E-state index contributed by atoms with van der Waals surface area (Å²) in [5, 5.41) is 2.93. The molecule has 0 radical (unpaired) electrons. The molecule has 3 rings (SSSR count). The minimum Gasteiger partial charge on any atom is -0.494 e. The van der Waals surface area contributed by atoms with Gasteiger partial charge in [0.1, 0.15) is 5.75 Å². The molecule has 1 N–H and O–H groups in total. The van der Waals surface area contributed by atoms with E-state index in [-0.39, 0.29) is 5.91 Å². The van der Waals surface area contributed by atoms with Crippen molar-refractivity contribution >= 4 is 15.9 Å². The summed E-state index contributed by atoms with van der Waals surface area (Å²) in [5.74, 6) is 0.733. The number of benzene rings is 2. The smallest absolute Gasteiger partial charge is 0.243 e. The third kappa shape index (κ3) is 5.83. The highest BCUT2D eigenvalue weighted by molar-refractivity contribution is 7.89. The van der Waals surface area contributed by atoms with E-state index in [0.717, 1.165) is 36.1 Å². The molecule has 1 saturated heterocycles. The lowest BCUT2D eigenvalue weighted by Gasteiger charge is -2.25. The first-order chi connectivity index (χ1) is 14.5. The number of sulfonamides is 1. The first-order valence-electron chi connectivity index (χ1n) is 10.6. The highest BCUT2D eigenvalue weighted by atomic mass is 32.2. The number of hydrogen-bond acceptors (Lipinski definition) is 4. The van der Waals surface area contributed by atoms with Crippen LogP contribution >= 0.6 is 0 Å². The molecule has 0 unspecified atom stereocenters. The second-order valence-corrected chi connectivity index (χ2v) is 9.36. The van der Waals surface area contributed by atoms with E-state index in [4.69, 9.17) is 4.74 Å². The van der Waals surface area contributed by atoms with Gasteiger partial charge in [-0.2, -0.15) is 4.31 Å². The largest absolute Gasteiger partial charge is 0.494 e. The molecular formula is C23H30N2O4S. The van der Waals surface area contributed by atoms with Crippen LogP contribution in [0.5, 0.6) is 5.75 Å². The molecule has 0 atom stereocenters. The van der Waals surface area contributed by atoms with Crippen molar-refractivity contribution in [3.05, 3.63) is 59.7 Å². The fourth-order valence-corrected chi connectivity index (χ4v) is 5.09. The molecule has 1 aliphatic heterocycles. The Bertz CT molecular complexity index is 936. The number of amides is 1. The predicted molar refractivity (Wildman–Crippen MR) is 117 cm³/mol. The van der Waals surface area contributed by atoms with Crippen LogP contribution in [0.2, 0.25) is 0 Å². The molecule has 1 aliphatic rings. The third-order valence-electron chi connectivity index (χ3n) is 5.27. The second-order valence-electron chi connectivity index (χ2n) is 7.43. The number of rotatable bonds is 9. The predicted octanol–water partition coefficient (Wildman–Crippen LogP) is 3.51. The number of piperidine rings is 1. The van der Waals surface area contributed by atoms with Gasteiger partial charge in [-0.25, -0.2) is 8.42 Å². The molecule has 6 nitrogen and oxygen atoms in total. The lowest BCUT2D eigenvalue weighted by atomic mass is 10.1. The second kappa shape index (κ2) is 10.6. The third-order valence-corrected chi connectivity index (χ3v) is 7.18. The maximum atomic E-state index is 12.7. The number of hydrogen-bond donors (Lipinski definition) is 1. The zero-order chi connectivity index (χ0) is 21.4. The Morgan fingerprint density at radius 3 is 2.43 bits per heavy atom. The van der Waals surface area contributed by atoms with Gasteiger partial charge in [0, 0.05) is 31.6 Å². The van der Waals surface area contributed by atoms with Gasteiger partial charge in [-0.05, 0) is 49.9 Å². The average molecular weight is 431 g/mol. The number of nitrogens with one attached hydrogen (secondary N) is 1. The van der Waals surface area contributed by atoms with Crippen molar-refractivity contribution in [3.8, 4) is 5.75 Å². The molecule has 0 aromatic heterocycles. The Hall–Kier alpha value is -2.38. The van der Waals surface area contributed by atoms with Crippen LogP contribution in [-0.4, -0.2) is 38.3 Å². The number of ether oxygens (including phenoxy) is 1. The van der Waals surface area contributed by atoms with Crippen LogP contribution in [0.15, 0.2) is 53.4 Å². The Morgan fingerprint density at radius 2 is 1.73 bits per heavy atom. The van der Waals surface area contributed by atoms with Crippen molar-refractivity contribution in [1.82, 2.24) is 9.62 Å². The van der Waals surface area contributed by atoms with Crippen LogP contribution in [0.4, 0.5) is 0 Å². The zero-order valence-electron chi connectivity index (χ0n) is 17.5. The standard InChI is InChI=1S/C23H30N2O4S/c1-2-29-22-9-5-4-8-20(22)18-24-23(26)15-12-19-10-13-21(14-11-19)30(27,28)25-16-6-3-7-17-25/h4-5,8-11,13-14H,2-3,6-7,12,15-18H2,1H3,(H,24,26). The van der Waals surface area contributed by atoms with Crippen molar-refractivity contribution in [2.24, 2.45) is 0 Å². The summed E-state index contributed by atoms with van der Waals surface area (Å²) in [7, 11) is -3.42. The van der Waals surface area contributed by atoms with E-state index >= 15 is 0 Å². The lowest BCUT2D eigenvalue weighted by Crippen LogP contribution is -2.35. The zero-order valence-corrected chi connectivity index (χ0v) is 18.3. The van der Waals surface area contributed by atoms with Gasteiger partial charge >= 0.3 is 0 Å².